The normalized spacial score (nSPS) is 18.7. The van der Waals surface area contributed by atoms with Gasteiger partial charge in [-0.25, -0.2) is 8.78 Å². The highest BCUT2D eigenvalue weighted by Crippen LogP contribution is 2.34. The maximum atomic E-state index is 12.8. The quantitative estimate of drug-likeness (QED) is 0.711. The largest absolute Gasteiger partial charge is 0.296 e. The van der Waals surface area contributed by atoms with Gasteiger partial charge in [-0.15, -0.1) is 0 Å². The van der Waals surface area contributed by atoms with Crippen molar-refractivity contribution in [3.63, 3.8) is 0 Å². The fraction of sp³-hybridized carbons (Fsp3) is 0.429. The molecule has 0 N–H and O–H groups in total. The van der Waals surface area contributed by atoms with Crippen LogP contribution in [0.25, 0.3) is 0 Å². The summed E-state index contributed by atoms with van der Waals surface area (Å²) in [6.45, 7) is -0.436. The summed E-state index contributed by atoms with van der Waals surface area (Å²) >= 11 is 3.07. The van der Waals surface area contributed by atoms with E-state index in [1.807, 2.05) is 0 Å². The molecule has 1 aliphatic rings. The molecule has 6 heteroatoms. The van der Waals surface area contributed by atoms with Gasteiger partial charge in [0.05, 0.1) is 16.6 Å². The predicted molar refractivity (Wildman–Crippen MR) is 44.0 cm³/mol. The second-order valence-corrected chi connectivity index (χ2v) is 3.75. The molecule has 13 heavy (non-hydrogen) atoms. The maximum absolute atomic E-state index is 12.8. The number of rotatable bonds is 1. The summed E-state index contributed by atoms with van der Waals surface area (Å²) in [7, 11) is 0. The summed E-state index contributed by atoms with van der Waals surface area (Å²) in [5.74, 6) is -2.73. The van der Waals surface area contributed by atoms with Crippen molar-refractivity contribution >= 4 is 22.2 Å². The molecule has 0 radical (unpaired) electrons. The number of alkyl halides is 2. The highest BCUT2D eigenvalue weighted by atomic mass is 79.9. The van der Waals surface area contributed by atoms with Crippen molar-refractivity contribution in [2.45, 2.75) is 18.9 Å². The Balaban J connectivity index is 2.47. The Labute approximate surface area is 80.9 Å². The molecule has 2 rings (SSSR count). The molecule has 0 bridgehead atoms. The Morgan fingerprint density at radius 2 is 2.31 bits per heavy atom. The third-order valence-corrected chi connectivity index (χ3v) is 2.80. The average molecular weight is 251 g/mol. The van der Waals surface area contributed by atoms with Crippen LogP contribution in [0.15, 0.2) is 4.47 Å². The fourth-order valence-electron chi connectivity index (χ4n) is 1.39. The van der Waals surface area contributed by atoms with Crippen molar-refractivity contribution in [1.29, 1.82) is 0 Å². The minimum atomic E-state index is -2.73. The summed E-state index contributed by atoms with van der Waals surface area (Å²) in [5.41, 5.74) is 0.581. The number of carbonyl (C=O) groups is 1. The van der Waals surface area contributed by atoms with Crippen molar-refractivity contribution in [3.8, 4) is 0 Å². The van der Waals surface area contributed by atoms with Crippen LogP contribution in [-0.2, 0) is 13.0 Å². The highest BCUT2D eigenvalue weighted by Gasteiger charge is 2.40. The lowest BCUT2D eigenvalue weighted by atomic mass is 10.2. The molecule has 0 amide bonds. The summed E-state index contributed by atoms with van der Waals surface area (Å²) in [6.07, 6.45) is 0.196. The first kappa shape index (κ1) is 8.80. The number of nitrogens with zero attached hydrogens (tertiary/aromatic N) is 2. The van der Waals surface area contributed by atoms with Gasteiger partial charge < -0.3 is 0 Å². The van der Waals surface area contributed by atoms with Crippen LogP contribution in [0.2, 0.25) is 0 Å². The second-order valence-electron chi connectivity index (χ2n) is 2.95. The molecule has 3 nitrogen and oxygen atoms in total. The van der Waals surface area contributed by atoms with Crippen LogP contribution < -0.4 is 0 Å². The summed E-state index contributed by atoms with van der Waals surface area (Å²) in [6, 6.07) is 0. The van der Waals surface area contributed by atoms with Gasteiger partial charge in [0.2, 0.25) is 0 Å². The van der Waals surface area contributed by atoms with E-state index in [0.29, 0.717) is 16.5 Å². The van der Waals surface area contributed by atoms with Crippen LogP contribution in [0, 0.1) is 0 Å². The fourth-order valence-corrected chi connectivity index (χ4v) is 1.91. The lowest BCUT2D eigenvalue weighted by Crippen LogP contribution is -2.17. The number of hydrogen-bond donors (Lipinski definition) is 0. The topological polar surface area (TPSA) is 34.9 Å². The van der Waals surface area contributed by atoms with Crippen LogP contribution in [-0.4, -0.2) is 22.0 Å². The predicted octanol–water partition coefficient (Wildman–Crippen LogP) is 1.65. The molecule has 2 heterocycles. The standard InChI is InChI=1S/C7H5BrF2N2O/c8-6-4(2-13)11-12-3-7(9,10)1-5(6)12/h2H,1,3H2. The summed E-state index contributed by atoms with van der Waals surface area (Å²) in [4.78, 5) is 10.4. The van der Waals surface area contributed by atoms with Gasteiger partial charge in [0.25, 0.3) is 5.92 Å². The molecule has 1 aliphatic heterocycles. The van der Waals surface area contributed by atoms with E-state index in [4.69, 9.17) is 0 Å². The van der Waals surface area contributed by atoms with Gasteiger partial charge in [-0.05, 0) is 15.9 Å². The minimum absolute atomic E-state index is 0.186. The van der Waals surface area contributed by atoms with Gasteiger partial charge >= 0.3 is 0 Å². The smallest absolute Gasteiger partial charge is 0.272 e. The lowest BCUT2D eigenvalue weighted by Gasteiger charge is -2.04. The van der Waals surface area contributed by atoms with Crippen LogP contribution >= 0.6 is 15.9 Å². The molecule has 0 fully saturated rings. The van der Waals surface area contributed by atoms with E-state index in [2.05, 4.69) is 21.0 Å². The van der Waals surface area contributed by atoms with E-state index in [1.54, 1.807) is 0 Å². The Morgan fingerprint density at radius 1 is 1.62 bits per heavy atom. The number of halogens is 3. The van der Waals surface area contributed by atoms with Crippen molar-refractivity contribution in [3.05, 3.63) is 15.9 Å². The molecule has 0 saturated heterocycles. The maximum Gasteiger partial charge on any atom is 0.272 e. The van der Waals surface area contributed by atoms with E-state index in [1.165, 1.54) is 4.68 Å². The van der Waals surface area contributed by atoms with Crippen LogP contribution in [0.4, 0.5) is 8.78 Å². The summed E-state index contributed by atoms with van der Waals surface area (Å²) in [5, 5.41) is 3.73. The number of fused-ring (bicyclic) bond motifs is 1. The SMILES string of the molecule is O=Cc1nn2c(c1Br)CC(F)(F)C2. The van der Waals surface area contributed by atoms with Gasteiger partial charge in [0.1, 0.15) is 12.2 Å². The molecular weight excluding hydrogens is 246 g/mol. The Kier molecular flexibility index (Phi) is 1.76. The Hall–Kier alpha value is -0.780. The van der Waals surface area contributed by atoms with Gasteiger partial charge in [0, 0.05) is 0 Å². The van der Waals surface area contributed by atoms with E-state index in [9.17, 15) is 13.6 Å². The third kappa shape index (κ3) is 1.29. The van der Waals surface area contributed by atoms with Crippen molar-refractivity contribution in [2.75, 3.05) is 0 Å². The van der Waals surface area contributed by atoms with Crippen LogP contribution in [0.1, 0.15) is 16.2 Å². The number of hydrogen-bond acceptors (Lipinski definition) is 2. The highest BCUT2D eigenvalue weighted by molar-refractivity contribution is 9.10. The molecular formula is C7H5BrF2N2O. The first-order valence-electron chi connectivity index (χ1n) is 3.62. The molecule has 0 atom stereocenters. The average Bonchev–Trinajstić information content (AvgIpc) is 2.47. The van der Waals surface area contributed by atoms with Gasteiger partial charge in [-0.1, -0.05) is 0 Å². The number of aldehydes is 1. The molecule has 0 unspecified atom stereocenters. The summed E-state index contributed by atoms with van der Waals surface area (Å²) < 4.78 is 27.2. The van der Waals surface area contributed by atoms with Gasteiger partial charge in [-0.2, -0.15) is 5.10 Å². The Bertz CT molecular complexity index is 375. The first-order chi connectivity index (χ1) is 6.03. The minimum Gasteiger partial charge on any atom is -0.296 e. The van der Waals surface area contributed by atoms with E-state index < -0.39 is 12.5 Å². The van der Waals surface area contributed by atoms with Crippen molar-refractivity contribution in [2.24, 2.45) is 0 Å². The van der Waals surface area contributed by atoms with E-state index in [0.717, 1.165) is 0 Å². The monoisotopic (exact) mass is 250 g/mol. The van der Waals surface area contributed by atoms with Gasteiger partial charge in [0.15, 0.2) is 6.29 Å². The molecule has 0 aliphatic carbocycles. The molecule has 70 valence electrons. The number of aromatic nitrogens is 2. The van der Waals surface area contributed by atoms with Crippen LogP contribution in [0.5, 0.6) is 0 Å². The molecule has 1 aromatic rings. The van der Waals surface area contributed by atoms with E-state index in [-0.39, 0.29) is 12.1 Å². The zero-order chi connectivity index (χ0) is 9.64. The molecule has 0 aromatic carbocycles. The zero-order valence-corrected chi connectivity index (χ0v) is 8.01. The first-order valence-corrected chi connectivity index (χ1v) is 4.41. The van der Waals surface area contributed by atoms with Crippen molar-refractivity contribution < 1.29 is 13.6 Å². The van der Waals surface area contributed by atoms with Gasteiger partial charge in [-0.3, -0.25) is 9.48 Å². The number of carbonyl (C=O) groups excluding carboxylic acids is 1. The zero-order valence-electron chi connectivity index (χ0n) is 6.43. The Morgan fingerprint density at radius 3 is 2.85 bits per heavy atom. The third-order valence-electron chi connectivity index (χ3n) is 1.94. The second kappa shape index (κ2) is 2.60. The van der Waals surface area contributed by atoms with Crippen LogP contribution in [0.3, 0.4) is 0 Å². The molecule has 0 spiro atoms. The van der Waals surface area contributed by atoms with E-state index >= 15 is 0 Å². The van der Waals surface area contributed by atoms with Crippen molar-refractivity contribution in [1.82, 2.24) is 9.78 Å². The lowest BCUT2D eigenvalue weighted by molar-refractivity contribution is 0.000814. The molecule has 1 aromatic heterocycles. The molecule has 0 saturated carbocycles.